The highest BCUT2D eigenvalue weighted by atomic mass is 16.3. The average Bonchev–Trinajstić information content (AvgIpc) is 3.71. The van der Waals surface area contributed by atoms with E-state index in [9.17, 15) is 0 Å². The zero-order valence-corrected chi connectivity index (χ0v) is 23.1. The molecule has 1 saturated heterocycles. The number of oxazole rings is 1. The Morgan fingerprint density at radius 1 is 0.977 bits per heavy atom. The predicted octanol–water partition coefficient (Wildman–Crippen LogP) is 4.46. The molecule has 43 heavy (non-hydrogen) atoms. The number of pyridine rings is 2. The molecule has 0 bridgehead atoms. The van der Waals surface area contributed by atoms with Crippen LogP contribution in [0.4, 0.5) is 11.6 Å². The number of hydrogen-bond donors (Lipinski definition) is 2. The topological polar surface area (TPSA) is 160 Å². The Hall–Kier alpha value is -5.67. The summed E-state index contributed by atoms with van der Waals surface area (Å²) in [5.41, 5.74) is 11.2. The van der Waals surface area contributed by atoms with Crippen LogP contribution >= 0.6 is 0 Å². The number of imidazole rings is 1. The largest absolute Gasteiger partial charge is 0.442 e. The lowest BCUT2D eigenvalue weighted by Gasteiger charge is -2.32. The second-order valence-electron chi connectivity index (χ2n) is 10.4. The lowest BCUT2D eigenvalue weighted by molar-refractivity contribution is 0.211. The highest BCUT2D eigenvalue weighted by Crippen LogP contribution is 2.32. The van der Waals surface area contributed by atoms with Crippen molar-refractivity contribution in [3.8, 4) is 34.6 Å². The minimum absolute atomic E-state index is 0.177. The standard InChI is InChI=1S/C31H27N11O/c32-16-28-35-13-9-27(40-28)37-21-10-14-41(15-11-21)18-20-3-5-22(6-4-20)42-30(23-2-1-12-36-29(23)33)39-25-8-7-24(38-31(25)42)26-17-34-19-43-26/h1-9,12-13,17,19,21H,10-11,14-15,18H2,(H2,33,36)(H,35,37,40). The van der Waals surface area contributed by atoms with E-state index in [-0.39, 0.29) is 5.82 Å². The fourth-order valence-corrected chi connectivity index (χ4v) is 5.41. The van der Waals surface area contributed by atoms with Gasteiger partial charge < -0.3 is 15.5 Å². The number of anilines is 2. The Morgan fingerprint density at radius 2 is 1.84 bits per heavy atom. The van der Waals surface area contributed by atoms with Gasteiger partial charge in [-0.1, -0.05) is 12.1 Å². The van der Waals surface area contributed by atoms with Crippen LogP contribution in [-0.2, 0) is 6.54 Å². The Balaban J connectivity index is 1.12. The summed E-state index contributed by atoms with van der Waals surface area (Å²) >= 11 is 0. The zero-order valence-electron chi connectivity index (χ0n) is 23.1. The van der Waals surface area contributed by atoms with Crippen LogP contribution in [0.15, 0.2) is 84.0 Å². The van der Waals surface area contributed by atoms with Crippen LogP contribution in [0.2, 0.25) is 0 Å². The third kappa shape index (κ3) is 5.37. The normalized spacial score (nSPS) is 14.1. The van der Waals surface area contributed by atoms with Gasteiger partial charge in [-0.15, -0.1) is 0 Å². The molecule has 7 rings (SSSR count). The molecule has 0 aliphatic carbocycles. The number of likely N-dealkylation sites (tertiary alicyclic amines) is 1. The van der Waals surface area contributed by atoms with Gasteiger partial charge in [0.1, 0.15) is 28.9 Å². The molecular formula is C31H27N11O. The molecule has 0 atom stereocenters. The molecule has 5 aromatic heterocycles. The van der Waals surface area contributed by atoms with Crippen molar-refractivity contribution in [3.63, 3.8) is 0 Å². The maximum atomic E-state index is 9.05. The molecule has 6 heterocycles. The minimum Gasteiger partial charge on any atom is -0.442 e. The molecule has 0 unspecified atom stereocenters. The number of fused-ring (bicyclic) bond motifs is 1. The summed E-state index contributed by atoms with van der Waals surface area (Å²) in [6.45, 7) is 2.77. The second-order valence-corrected chi connectivity index (χ2v) is 10.4. The minimum atomic E-state index is 0.177. The van der Waals surface area contributed by atoms with E-state index >= 15 is 0 Å². The van der Waals surface area contributed by atoms with E-state index in [1.54, 1.807) is 24.7 Å². The molecule has 0 saturated carbocycles. The van der Waals surface area contributed by atoms with Crippen molar-refractivity contribution in [2.75, 3.05) is 24.1 Å². The molecule has 6 aromatic rings. The number of nitrogens with zero attached hydrogens (tertiary/aromatic N) is 9. The Bertz CT molecular complexity index is 1920. The SMILES string of the molecule is N#Cc1nccc(NC2CCN(Cc3ccc(-n4c(-c5cccnc5N)nc5ccc(-c6cnco6)nc54)cc3)CC2)n1. The van der Waals surface area contributed by atoms with Crippen molar-refractivity contribution in [2.24, 2.45) is 0 Å². The molecular weight excluding hydrogens is 542 g/mol. The molecule has 212 valence electrons. The third-order valence-electron chi connectivity index (χ3n) is 7.56. The summed E-state index contributed by atoms with van der Waals surface area (Å²) in [6, 6.07) is 20.1. The molecule has 3 N–H and O–H groups in total. The number of nitrogen functional groups attached to an aromatic ring is 1. The summed E-state index contributed by atoms with van der Waals surface area (Å²) in [5, 5.41) is 12.5. The van der Waals surface area contributed by atoms with Gasteiger partial charge in [-0.05, 0) is 60.9 Å². The lowest BCUT2D eigenvalue weighted by atomic mass is 10.0. The average molecular weight is 570 g/mol. The van der Waals surface area contributed by atoms with E-state index in [1.807, 2.05) is 34.9 Å². The number of nitrogens with one attached hydrogen (secondary N) is 1. The number of rotatable bonds is 7. The van der Waals surface area contributed by atoms with Crippen LogP contribution < -0.4 is 11.1 Å². The van der Waals surface area contributed by atoms with E-state index in [0.29, 0.717) is 40.6 Å². The Kier molecular flexibility index (Phi) is 6.90. The van der Waals surface area contributed by atoms with Gasteiger partial charge in [0.2, 0.25) is 5.82 Å². The molecule has 12 nitrogen and oxygen atoms in total. The number of aromatic nitrogens is 7. The monoisotopic (exact) mass is 569 g/mol. The van der Waals surface area contributed by atoms with E-state index in [1.165, 1.54) is 12.0 Å². The van der Waals surface area contributed by atoms with Gasteiger partial charge in [0.05, 0.1) is 11.8 Å². The van der Waals surface area contributed by atoms with Gasteiger partial charge in [0.15, 0.2) is 23.6 Å². The first-order chi connectivity index (χ1) is 21.1. The summed E-state index contributed by atoms with van der Waals surface area (Å²) in [4.78, 5) is 28.8. The quantitative estimate of drug-likeness (QED) is 0.279. The first kappa shape index (κ1) is 26.2. The highest BCUT2D eigenvalue weighted by Gasteiger charge is 2.21. The molecule has 1 aliphatic heterocycles. The fraction of sp³-hybridized carbons (Fsp3) is 0.194. The van der Waals surface area contributed by atoms with Gasteiger partial charge in [-0.25, -0.2) is 29.9 Å². The van der Waals surface area contributed by atoms with E-state index in [0.717, 1.165) is 49.2 Å². The van der Waals surface area contributed by atoms with Crippen molar-refractivity contribution in [3.05, 3.63) is 91.0 Å². The highest BCUT2D eigenvalue weighted by molar-refractivity contribution is 5.84. The van der Waals surface area contributed by atoms with Crippen LogP contribution in [0.5, 0.6) is 0 Å². The van der Waals surface area contributed by atoms with Gasteiger partial charge in [0.25, 0.3) is 0 Å². The van der Waals surface area contributed by atoms with Crippen molar-refractivity contribution in [1.29, 1.82) is 5.26 Å². The summed E-state index contributed by atoms with van der Waals surface area (Å²) in [7, 11) is 0. The lowest BCUT2D eigenvalue weighted by Crippen LogP contribution is -2.38. The van der Waals surface area contributed by atoms with Crippen LogP contribution in [0.3, 0.4) is 0 Å². The summed E-state index contributed by atoms with van der Waals surface area (Å²) in [5.74, 6) is 2.51. The Labute approximate surface area is 246 Å². The Morgan fingerprint density at radius 3 is 2.60 bits per heavy atom. The smallest absolute Gasteiger partial charge is 0.234 e. The molecule has 1 aliphatic rings. The number of piperidine rings is 1. The van der Waals surface area contributed by atoms with Gasteiger partial charge in [-0.2, -0.15) is 5.26 Å². The maximum Gasteiger partial charge on any atom is 0.234 e. The van der Waals surface area contributed by atoms with Crippen molar-refractivity contribution in [1.82, 2.24) is 39.4 Å². The fourth-order valence-electron chi connectivity index (χ4n) is 5.41. The van der Waals surface area contributed by atoms with Crippen molar-refractivity contribution >= 4 is 22.8 Å². The number of nitrogens with two attached hydrogens (primary N) is 1. The zero-order chi connectivity index (χ0) is 29.2. The van der Waals surface area contributed by atoms with E-state index < -0.39 is 0 Å². The van der Waals surface area contributed by atoms with E-state index in [2.05, 4.69) is 54.4 Å². The van der Waals surface area contributed by atoms with Crippen molar-refractivity contribution < 1.29 is 4.42 Å². The predicted molar refractivity (Wildman–Crippen MR) is 161 cm³/mol. The van der Waals surface area contributed by atoms with Crippen LogP contribution in [-0.4, -0.2) is 58.5 Å². The van der Waals surface area contributed by atoms with Gasteiger partial charge in [-0.3, -0.25) is 9.47 Å². The van der Waals surface area contributed by atoms with Crippen LogP contribution in [0, 0.1) is 11.3 Å². The molecule has 0 radical (unpaired) electrons. The van der Waals surface area contributed by atoms with Crippen LogP contribution in [0.1, 0.15) is 24.2 Å². The molecule has 0 amide bonds. The number of hydrogen-bond acceptors (Lipinski definition) is 11. The summed E-state index contributed by atoms with van der Waals surface area (Å²) in [6.07, 6.45) is 8.28. The maximum absolute atomic E-state index is 9.05. The molecule has 1 fully saturated rings. The van der Waals surface area contributed by atoms with E-state index in [4.69, 9.17) is 25.4 Å². The van der Waals surface area contributed by atoms with Crippen LogP contribution in [0.25, 0.3) is 39.7 Å². The molecule has 0 spiro atoms. The van der Waals surface area contributed by atoms with Gasteiger partial charge in [0, 0.05) is 43.8 Å². The number of nitriles is 1. The third-order valence-corrected chi connectivity index (χ3v) is 7.56. The second kappa shape index (κ2) is 11.3. The number of benzene rings is 1. The molecule has 1 aromatic carbocycles. The van der Waals surface area contributed by atoms with Gasteiger partial charge >= 0.3 is 0 Å². The first-order valence-electron chi connectivity index (χ1n) is 14.0. The summed E-state index contributed by atoms with van der Waals surface area (Å²) < 4.78 is 7.51. The van der Waals surface area contributed by atoms with Crippen molar-refractivity contribution in [2.45, 2.75) is 25.4 Å². The molecule has 12 heteroatoms. The first-order valence-corrected chi connectivity index (χ1v) is 14.0.